The first-order chi connectivity index (χ1) is 13.5. The van der Waals surface area contributed by atoms with Crippen molar-refractivity contribution in [2.24, 2.45) is 0 Å². The van der Waals surface area contributed by atoms with Gasteiger partial charge in [0.05, 0.1) is 6.04 Å². The lowest BCUT2D eigenvalue weighted by Crippen LogP contribution is -2.26. The van der Waals surface area contributed by atoms with E-state index in [1.165, 1.54) is 11.1 Å². The van der Waals surface area contributed by atoms with E-state index in [1.807, 2.05) is 60.6 Å². The molecule has 1 amide bonds. The molecule has 3 nitrogen and oxygen atoms in total. The smallest absolute Gasteiger partial charge is 0.207 e. The number of aromatic amines is 1. The lowest BCUT2D eigenvalue weighted by molar-refractivity contribution is -0.109. The third kappa shape index (κ3) is 12.2. The summed E-state index contributed by atoms with van der Waals surface area (Å²) in [6.45, 7) is 27.5. The normalized spacial score (nSPS) is 16.1. The standard InChI is InChI=1S/C10H15NO.C9H11N.3C2H6/c1-3-4-9-8(2)5-6-10(9)11-7-12;1-4-5-9-6-7(2)10-8(9)3;3*1-2/h4,7,10H,2-3,5-6H2,1H3,(H,11,12);4-6,10H,1,3H2,2H3;3*1-2H3/b9-4+;9-5-;;;. The van der Waals surface area contributed by atoms with E-state index in [1.54, 1.807) is 6.08 Å². The summed E-state index contributed by atoms with van der Waals surface area (Å²) in [5.41, 5.74) is 3.54. The van der Waals surface area contributed by atoms with Crippen LogP contribution in [-0.2, 0) is 4.79 Å². The number of aromatic nitrogens is 1. The average molecular weight is 389 g/mol. The van der Waals surface area contributed by atoms with Crippen LogP contribution in [-0.4, -0.2) is 17.4 Å². The molecule has 28 heavy (non-hydrogen) atoms. The van der Waals surface area contributed by atoms with Gasteiger partial charge in [-0.15, -0.1) is 0 Å². The Morgan fingerprint density at radius 3 is 2.14 bits per heavy atom. The second kappa shape index (κ2) is 21.0. The van der Waals surface area contributed by atoms with Gasteiger partial charge in [0, 0.05) is 11.0 Å². The van der Waals surface area contributed by atoms with Gasteiger partial charge in [-0.05, 0) is 43.0 Å². The van der Waals surface area contributed by atoms with Crippen molar-refractivity contribution >= 4 is 19.1 Å². The van der Waals surface area contributed by atoms with Gasteiger partial charge in [-0.3, -0.25) is 4.79 Å². The van der Waals surface area contributed by atoms with Gasteiger partial charge < -0.3 is 10.3 Å². The predicted molar refractivity (Wildman–Crippen MR) is 129 cm³/mol. The molecule has 1 saturated carbocycles. The Morgan fingerprint density at radius 1 is 1.18 bits per heavy atom. The highest BCUT2D eigenvalue weighted by molar-refractivity contribution is 5.51. The highest BCUT2D eigenvalue weighted by Crippen LogP contribution is 2.29. The Hall–Kier alpha value is -2.29. The summed E-state index contributed by atoms with van der Waals surface area (Å²) in [7, 11) is 0. The fraction of sp³-hybridized carbons (Fsp3) is 0.480. The van der Waals surface area contributed by atoms with Crippen LogP contribution in [0.4, 0.5) is 0 Å². The molecule has 1 aliphatic carbocycles. The first-order valence-electron chi connectivity index (χ1n) is 10.6. The van der Waals surface area contributed by atoms with E-state index in [0.29, 0.717) is 0 Å². The number of hydrogen-bond donors (Lipinski definition) is 2. The second-order valence-corrected chi connectivity index (χ2v) is 5.34. The molecule has 0 aliphatic heterocycles. The number of rotatable bonds is 4. The number of nitrogens with one attached hydrogen (secondary N) is 2. The SMILES string of the molecule is C=C/C=c1/cc(C)[nH]c1=C.C=C1CCC(NC=O)/C1=C/CC.CC.CC.CC. The molecule has 1 atom stereocenters. The third-order valence-electron chi connectivity index (χ3n) is 3.58. The van der Waals surface area contributed by atoms with Crippen LogP contribution in [0.1, 0.15) is 73.4 Å². The monoisotopic (exact) mass is 388 g/mol. The number of carbonyl (C=O) groups is 1. The molecule has 1 aromatic rings. The Bertz CT molecular complexity index is 665. The summed E-state index contributed by atoms with van der Waals surface area (Å²) in [6.07, 6.45) is 9.64. The lowest BCUT2D eigenvalue weighted by Gasteiger charge is -2.10. The molecule has 2 N–H and O–H groups in total. The highest BCUT2D eigenvalue weighted by atomic mass is 16.1. The molecule has 2 rings (SSSR count). The molecule has 1 aliphatic rings. The van der Waals surface area contributed by atoms with Crippen LogP contribution >= 0.6 is 0 Å². The number of amides is 1. The topological polar surface area (TPSA) is 44.9 Å². The summed E-state index contributed by atoms with van der Waals surface area (Å²) in [4.78, 5) is 13.4. The average Bonchev–Trinajstić information content (AvgIpc) is 3.23. The highest BCUT2D eigenvalue weighted by Gasteiger charge is 2.22. The predicted octanol–water partition coefficient (Wildman–Crippen LogP) is 5.57. The van der Waals surface area contributed by atoms with Gasteiger partial charge in [-0.2, -0.15) is 0 Å². The molecule has 0 aromatic carbocycles. The minimum absolute atomic E-state index is 0.218. The first-order valence-corrected chi connectivity index (χ1v) is 10.6. The third-order valence-corrected chi connectivity index (χ3v) is 3.58. The first kappa shape index (κ1) is 30.4. The van der Waals surface area contributed by atoms with Crippen molar-refractivity contribution < 1.29 is 4.79 Å². The van der Waals surface area contributed by atoms with Gasteiger partial charge in [0.2, 0.25) is 6.41 Å². The molecule has 0 saturated heterocycles. The number of carbonyl (C=O) groups excluding carboxylic acids is 1. The van der Waals surface area contributed by atoms with Gasteiger partial charge >= 0.3 is 0 Å². The van der Waals surface area contributed by atoms with Crippen LogP contribution in [0.5, 0.6) is 0 Å². The van der Waals surface area contributed by atoms with Gasteiger partial charge in [-0.1, -0.05) is 92.0 Å². The summed E-state index contributed by atoms with van der Waals surface area (Å²) in [5.74, 6) is 0. The number of hydrogen-bond acceptors (Lipinski definition) is 1. The van der Waals surface area contributed by atoms with Crippen molar-refractivity contribution in [2.45, 2.75) is 80.7 Å². The van der Waals surface area contributed by atoms with E-state index < -0.39 is 0 Å². The van der Waals surface area contributed by atoms with Crippen molar-refractivity contribution in [3.8, 4) is 0 Å². The maximum Gasteiger partial charge on any atom is 0.207 e. The minimum atomic E-state index is 0.218. The van der Waals surface area contributed by atoms with Crippen LogP contribution in [0.2, 0.25) is 0 Å². The Morgan fingerprint density at radius 2 is 1.75 bits per heavy atom. The maximum absolute atomic E-state index is 10.2. The van der Waals surface area contributed by atoms with Crippen LogP contribution in [0.25, 0.3) is 12.7 Å². The van der Waals surface area contributed by atoms with Crippen LogP contribution in [0, 0.1) is 6.92 Å². The summed E-state index contributed by atoms with van der Waals surface area (Å²) >= 11 is 0. The molecule has 3 heteroatoms. The molecule has 1 heterocycles. The molecule has 0 bridgehead atoms. The zero-order chi connectivity index (χ0) is 22.5. The van der Waals surface area contributed by atoms with Crippen LogP contribution < -0.4 is 15.9 Å². The zero-order valence-corrected chi connectivity index (χ0v) is 19.6. The second-order valence-electron chi connectivity index (χ2n) is 5.34. The Labute approximate surface area is 174 Å². The summed E-state index contributed by atoms with van der Waals surface area (Å²) < 4.78 is 0. The molecule has 1 aromatic heterocycles. The van der Waals surface area contributed by atoms with E-state index in [9.17, 15) is 4.79 Å². The van der Waals surface area contributed by atoms with Crippen molar-refractivity contribution in [3.63, 3.8) is 0 Å². The Balaban J connectivity index is -0.000000355. The number of aryl methyl sites for hydroxylation is 1. The molecule has 1 fully saturated rings. The van der Waals surface area contributed by atoms with Crippen molar-refractivity contribution in [3.05, 3.63) is 58.8 Å². The van der Waals surface area contributed by atoms with Crippen molar-refractivity contribution in [1.29, 1.82) is 0 Å². The number of H-pyrrole nitrogens is 1. The van der Waals surface area contributed by atoms with Crippen molar-refractivity contribution in [1.82, 2.24) is 10.3 Å². The molecule has 0 radical (unpaired) electrons. The minimum Gasteiger partial charge on any atom is -0.359 e. The summed E-state index contributed by atoms with van der Waals surface area (Å²) in [6, 6.07) is 2.26. The molecule has 1 unspecified atom stereocenters. The molecular formula is C25H44N2O. The number of allylic oxidation sites excluding steroid dienone is 2. The van der Waals surface area contributed by atoms with Gasteiger partial charge in [0.15, 0.2) is 0 Å². The van der Waals surface area contributed by atoms with Gasteiger partial charge in [0.25, 0.3) is 0 Å². The molecular weight excluding hydrogens is 344 g/mol. The van der Waals surface area contributed by atoms with Crippen LogP contribution in [0.15, 0.2) is 42.5 Å². The van der Waals surface area contributed by atoms with E-state index >= 15 is 0 Å². The van der Waals surface area contributed by atoms with E-state index in [2.05, 4.69) is 43.0 Å². The van der Waals surface area contributed by atoms with Crippen LogP contribution in [0.3, 0.4) is 0 Å². The summed E-state index contributed by atoms with van der Waals surface area (Å²) in [5, 5.41) is 4.87. The quantitative estimate of drug-likeness (QED) is 0.651. The fourth-order valence-electron chi connectivity index (χ4n) is 2.57. The Kier molecular flexibility index (Phi) is 22.8. The molecule has 160 valence electrons. The van der Waals surface area contributed by atoms with E-state index in [-0.39, 0.29) is 6.04 Å². The molecule has 0 spiro atoms. The fourth-order valence-corrected chi connectivity index (χ4v) is 2.57. The van der Waals surface area contributed by atoms with Crippen molar-refractivity contribution in [2.75, 3.05) is 0 Å². The maximum atomic E-state index is 10.2. The lowest BCUT2D eigenvalue weighted by atomic mass is 10.1. The van der Waals surface area contributed by atoms with E-state index in [0.717, 1.165) is 41.9 Å². The van der Waals surface area contributed by atoms with Gasteiger partial charge in [-0.25, -0.2) is 0 Å². The van der Waals surface area contributed by atoms with Gasteiger partial charge in [0.1, 0.15) is 0 Å². The zero-order valence-electron chi connectivity index (χ0n) is 19.6. The largest absolute Gasteiger partial charge is 0.359 e. The van der Waals surface area contributed by atoms with E-state index in [4.69, 9.17) is 0 Å².